The fourth-order valence-electron chi connectivity index (χ4n) is 1.12. The summed E-state index contributed by atoms with van der Waals surface area (Å²) in [5.41, 5.74) is 1.07. The van der Waals surface area contributed by atoms with Crippen molar-refractivity contribution in [2.45, 2.75) is 0 Å². The van der Waals surface area contributed by atoms with Crippen molar-refractivity contribution in [1.82, 2.24) is 9.66 Å². The molecule has 0 aliphatic rings. The molecule has 0 aromatic carbocycles. The molecule has 4 heteroatoms. The van der Waals surface area contributed by atoms with Gasteiger partial charge in [0.1, 0.15) is 0 Å². The Morgan fingerprint density at radius 3 is 3.08 bits per heavy atom. The van der Waals surface area contributed by atoms with Crippen molar-refractivity contribution in [1.29, 1.82) is 5.41 Å². The minimum Gasteiger partial charge on any atom is -0.338 e. The highest BCUT2D eigenvalue weighted by Crippen LogP contribution is 2.02. The fourth-order valence-corrected chi connectivity index (χ4v) is 1.12. The number of hydrogen-bond acceptors (Lipinski definition) is 3. The number of hydrogen-bond donors (Lipinski definition) is 2. The van der Waals surface area contributed by atoms with Gasteiger partial charge >= 0.3 is 0 Å². The van der Waals surface area contributed by atoms with E-state index >= 15 is 0 Å². The Balaban J connectivity index is 3.01. The van der Waals surface area contributed by atoms with Gasteiger partial charge in [-0.25, -0.2) is 0 Å². The summed E-state index contributed by atoms with van der Waals surface area (Å²) in [6.45, 7) is 0. The van der Waals surface area contributed by atoms with Gasteiger partial charge in [-0.1, -0.05) is 0 Å². The van der Waals surface area contributed by atoms with Crippen LogP contribution in [0.5, 0.6) is 0 Å². The summed E-state index contributed by atoms with van der Waals surface area (Å²) in [6, 6.07) is 5.40. The first-order chi connectivity index (χ1) is 5.79. The number of rotatable bonds is 0. The zero-order valence-corrected chi connectivity index (χ0v) is 6.36. The molecule has 4 nitrogen and oxygen atoms in total. The van der Waals surface area contributed by atoms with Crippen molar-refractivity contribution in [2.75, 3.05) is 5.84 Å². The van der Waals surface area contributed by atoms with Gasteiger partial charge in [0.2, 0.25) is 0 Å². The number of nitrogens with two attached hydrogens (primary N) is 1. The van der Waals surface area contributed by atoms with Crippen LogP contribution in [0.2, 0.25) is 0 Å². The van der Waals surface area contributed by atoms with E-state index in [1.54, 1.807) is 24.5 Å². The second-order valence-corrected chi connectivity index (χ2v) is 2.51. The van der Waals surface area contributed by atoms with E-state index in [-0.39, 0.29) is 5.49 Å². The topological polar surface area (TPSA) is 67.7 Å². The summed E-state index contributed by atoms with van der Waals surface area (Å²) in [7, 11) is 0. The Bertz CT molecular complexity index is 472. The Hall–Kier alpha value is -1.84. The summed E-state index contributed by atoms with van der Waals surface area (Å²) in [6.07, 6.45) is 3.32. The minimum atomic E-state index is 0.278. The standard InChI is InChI=1S/C8H8N4/c9-8-6-2-1-4-11-7(6)3-5-12(8)10/h1-5,9H,10H2. The Kier molecular flexibility index (Phi) is 1.33. The third-order valence-corrected chi connectivity index (χ3v) is 1.74. The number of aromatic nitrogens is 2. The molecule has 0 saturated carbocycles. The molecule has 0 saturated heterocycles. The van der Waals surface area contributed by atoms with Gasteiger partial charge in [-0.15, -0.1) is 0 Å². The van der Waals surface area contributed by atoms with Crippen molar-refractivity contribution in [2.24, 2.45) is 0 Å². The quantitative estimate of drug-likeness (QED) is 0.542. The summed E-state index contributed by atoms with van der Waals surface area (Å²) in [4.78, 5) is 4.09. The van der Waals surface area contributed by atoms with E-state index in [0.29, 0.717) is 0 Å². The van der Waals surface area contributed by atoms with E-state index in [2.05, 4.69) is 4.98 Å². The maximum Gasteiger partial charge on any atom is 0.152 e. The van der Waals surface area contributed by atoms with E-state index in [4.69, 9.17) is 11.3 Å². The molecule has 2 aromatic heterocycles. The molecule has 0 amide bonds. The smallest absolute Gasteiger partial charge is 0.152 e. The summed E-state index contributed by atoms with van der Waals surface area (Å²) in [5, 5.41) is 8.35. The predicted molar refractivity (Wildman–Crippen MR) is 45.7 cm³/mol. The van der Waals surface area contributed by atoms with Crippen LogP contribution in [0.1, 0.15) is 0 Å². The van der Waals surface area contributed by atoms with Crippen LogP contribution in [0.4, 0.5) is 0 Å². The van der Waals surface area contributed by atoms with Gasteiger partial charge in [-0.2, -0.15) is 0 Å². The van der Waals surface area contributed by atoms with E-state index in [9.17, 15) is 0 Å². The average Bonchev–Trinajstić information content (AvgIpc) is 2.12. The molecule has 0 fully saturated rings. The number of nitrogens with one attached hydrogen (secondary N) is 1. The van der Waals surface area contributed by atoms with Gasteiger partial charge in [0.05, 0.1) is 5.52 Å². The van der Waals surface area contributed by atoms with Crippen molar-refractivity contribution in [3.05, 3.63) is 36.1 Å². The predicted octanol–water partition coefficient (Wildman–Crippen LogP) is 0.230. The lowest BCUT2D eigenvalue weighted by atomic mass is 10.3. The molecule has 0 aliphatic heterocycles. The number of pyridine rings is 2. The monoisotopic (exact) mass is 160 g/mol. The minimum absolute atomic E-state index is 0.278. The van der Waals surface area contributed by atoms with E-state index in [0.717, 1.165) is 10.9 Å². The SMILES string of the molecule is N=c1c2cccnc2ccn1N. The first-order valence-corrected chi connectivity index (χ1v) is 3.55. The number of fused-ring (bicyclic) bond motifs is 1. The molecule has 12 heavy (non-hydrogen) atoms. The van der Waals surface area contributed by atoms with E-state index < -0.39 is 0 Å². The molecule has 60 valence electrons. The zero-order valence-electron chi connectivity index (χ0n) is 6.36. The highest BCUT2D eigenvalue weighted by Gasteiger charge is 1.95. The van der Waals surface area contributed by atoms with Crippen LogP contribution in [0.15, 0.2) is 30.6 Å². The lowest BCUT2D eigenvalue weighted by Crippen LogP contribution is -2.26. The Morgan fingerprint density at radius 1 is 1.42 bits per heavy atom. The van der Waals surface area contributed by atoms with Crippen LogP contribution >= 0.6 is 0 Å². The lowest BCUT2D eigenvalue weighted by Gasteiger charge is -2.00. The Morgan fingerprint density at radius 2 is 2.25 bits per heavy atom. The molecular formula is C8H8N4. The fraction of sp³-hybridized carbons (Fsp3) is 0. The molecular weight excluding hydrogens is 152 g/mol. The number of nitrogen functional groups attached to an aromatic ring is 1. The van der Waals surface area contributed by atoms with Gasteiger partial charge in [0.15, 0.2) is 5.49 Å². The molecule has 2 aromatic rings. The zero-order chi connectivity index (χ0) is 8.55. The highest BCUT2D eigenvalue weighted by molar-refractivity contribution is 5.76. The molecule has 0 unspecified atom stereocenters. The van der Waals surface area contributed by atoms with Gasteiger partial charge in [-0.3, -0.25) is 15.1 Å². The third kappa shape index (κ3) is 0.852. The second-order valence-electron chi connectivity index (χ2n) is 2.51. The summed E-state index contributed by atoms with van der Waals surface area (Å²) in [5.74, 6) is 5.49. The summed E-state index contributed by atoms with van der Waals surface area (Å²) >= 11 is 0. The van der Waals surface area contributed by atoms with Crippen LogP contribution in [-0.4, -0.2) is 9.66 Å². The van der Waals surface area contributed by atoms with Gasteiger partial charge < -0.3 is 5.84 Å². The van der Waals surface area contributed by atoms with Crippen molar-refractivity contribution in [3.63, 3.8) is 0 Å². The molecule has 3 N–H and O–H groups in total. The molecule has 0 bridgehead atoms. The highest BCUT2D eigenvalue weighted by atomic mass is 15.3. The number of nitrogens with zero attached hydrogens (tertiary/aromatic N) is 2. The maximum atomic E-state index is 7.59. The Labute approximate surface area is 68.8 Å². The molecule has 0 radical (unpaired) electrons. The molecule has 0 aliphatic carbocycles. The first kappa shape index (κ1) is 6.84. The van der Waals surface area contributed by atoms with Crippen molar-refractivity contribution in [3.8, 4) is 0 Å². The van der Waals surface area contributed by atoms with Gasteiger partial charge in [0, 0.05) is 17.8 Å². The second kappa shape index (κ2) is 2.34. The summed E-state index contributed by atoms with van der Waals surface area (Å²) < 4.78 is 1.27. The van der Waals surface area contributed by atoms with E-state index in [1.807, 2.05) is 6.07 Å². The maximum absolute atomic E-state index is 7.59. The lowest BCUT2D eigenvalue weighted by molar-refractivity contribution is 0.896. The van der Waals surface area contributed by atoms with Crippen LogP contribution in [0, 0.1) is 5.41 Å². The normalized spacial score (nSPS) is 10.3. The van der Waals surface area contributed by atoms with Crippen LogP contribution < -0.4 is 11.3 Å². The van der Waals surface area contributed by atoms with Gasteiger partial charge in [-0.05, 0) is 18.2 Å². The molecule has 2 heterocycles. The van der Waals surface area contributed by atoms with Gasteiger partial charge in [0.25, 0.3) is 0 Å². The van der Waals surface area contributed by atoms with Crippen LogP contribution in [-0.2, 0) is 0 Å². The molecule has 2 rings (SSSR count). The van der Waals surface area contributed by atoms with Crippen molar-refractivity contribution < 1.29 is 0 Å². The molecule has 0 spiro atoms. The molecule has 0 atom stereocenters. The van der Waals surface area contributed by atoms with Crippen molar-refractivity contribution >= 4 is 10.9 Å². The van der Waals surface area contributed by atoms with Crippen LogP contribution in [0.3, 0.4) is 0 Å². The largest absolute Gasteiger partial charge is 0.338 e. The van der Waals surface area contributed by atoms with E-state index in [1.165, 1.54) is 4.68 Å². The average molecular weight is 160 g/mol. The van der Waals surface area contributed by atoms with Crippen LogP contribution in [0.25, 0.3) is 10.9 Å². The third-order valence-electron chi connectivity index (χ3n) is 1.74. The first-order valence-electron chi connectivity index (χ1n) is 3.55.